The van der Waals surface area contributed by atoms with Crippen molar-refractivity contribution in [2.24, 2.45) is 5.92 Å². The molecule has 4 heteroatoms. The molecule has 0 bridgehead atoms. The Balaban J connectivity index is 2.04. The van der Waals surface area contributed by atoms with Gasteiger partial charge in [0, 0.05) is 11.6 Å². The van der Waals surface area contributed by atoms with Crippen molar-refractivity contribution in [2.45, 2.75) is 32.7 Å². The van der Waals surface area contributed by atoms with Gasteiger partial charge in [-0.05, 0) is 62.1 Å². The van der Waals surface area contributed by atoms with Crippen LogP contribution in [0, 0.1) is 19.8 Å². The molecule has 132 valence electrons. The second kappa shape index (κ2) is 7.59. The zero-order chi connectivity index (χ0) is 18.0. The quantitative estimate of drug-likeness (QED) is 0.850. The van der Waals surface area contributed by atoms with Crippen molar-refractivity contribution in [2.75, 3.05) is 13.1 Å². The summed E-state index contributed by atoms with van der Waals surface area (Å²) in [5, 5.41) is 10.2. The van der Waals surface area contributed by atoms with Gasteiger partial charge in [-0.3, -0.25) is 9.69 Å². The fourth-order valence-electron chi connectivity index (χ4n) is 3.84. The monoisotopic (exact) mass is 357 g/mol. The lowest BCUT2D eigenvalue weighted by Gasteiger charge is -2.38. The van der Waals surface area contributed by atoms with Crippen LogP contribution in [-0.2, 0) is 4.79 Å². The molecule has 0 aliphatic carbocycles. The third-order valence-electron chi connectivity index (χ3n) is 5.05. The summed E-state index contributed by atoms with van der Waals surface area (Å²) < 4.78 is 0. The van der Waals surface area contributed by atoms with Gasteiger partial charge in [-0.15, -0.1) is 0 Å². The molecule has 0 saturated carbocycles. The molecule has 2 aromatic rings. The molecule has 2 unspecified atom stereocenters. The summed E-state index contributed by atoms with van der Waals surface area (Å²) in [7, 11) is 0. The van der Waals surface area contributed by atoms with Crippen molar-refractivity contribution < 1.29 is 9.90 Å². The van der Waals surface area contributed by atoms with Gasteiger partial charge in [-0.2, -0.15) is 0 Å². The Morgan fingerprint density at radius 3 is 2.72 bits per heavy atom. The number of carbonyl (C=O) groups is 1. The molecule has 0 radical (unpaired) electrons. The molecule has 1 heterocycles. The van der Waals surface area contributed by atoms with Crippen LogP contribution >= 0.6 is 11.6 Å². The number of hydrogen-bond acceptors (Lipinski definition) is 2. The maximum Gasteiger partial charge on any atom is 0.307 e. The molecule has 1 aliphatic rings. The van der Waals surface area contributed by atoms with E-state index in [0.29, 0.717) is 11.6 Å². The highest BCUT2D eigenvalue weighted by molar-refractivity contribution is 6.30. The number of carboxylic acid groups (broad SMARTS) is 1. The summed E-state index contributed by atoms with van der Waals surface area (Å²) in [6.45, 7) is 5.68. The number of aliphatic carboxylic acids is 1. The Labute approximate surface area is 154 Å². The van der Waals surface area contributed by atoms with Gasteiger partial charge in [0.1, 0.15) is 0 Å². The molecular formula is C21H24ClNO2. The third-order valence-corrected chi connectivity index (χ3v) is 5.29. The number of piperidine rings is 1. The van der Waals surface area contributed by atoms with Gasteiger partial charge in [0.25, 0.3) is 0 Å². The zero-order valence-electron chi connectivity index (χ0n) is 14.7. The van der Waals surface area contributed by atoms with Crippen molar-refractivity contribution in [1.29, 1.82) is 0 Å². The second-order valence-corrected chi connectivity index (χ2v) is 7.43. The van der Waals surface area contributed by atoms with E-state index in [1.54, 1.807) is 0 Å². The minimum Gasteiger partial charge on any atom is -0.481 e. The van der Waals surface area contributed by atoms with E-state index in [-0.39, 0.29) is 12.0 Å². The highest BCUT2D eigenvalue weighted by atomic mass is 35.5. The predicted molar refractivity (Wildman–Crippen MR) is 101 cm³/mol. The summed E-state index contributed by atoms with van der Waals surface area (Å²) in [6, 6.07) is 14.4. The highest BCUT2D eigenvalue weighted by Crippen LogP contribution is 2.35. The molecule has 1 aliphatic heterocycles. The first kappa shape index (κ1) is 18.0. The third kappa shape index (κ3) is 4.05. The highest BCUT2D eigenvalue weighted by Gasteiger charge is 2.31. The predicted octanol–water partition coefficient (Wildman–Crippen LogP) is 4.84. The van der Waals surface area contributed by atoms with E-state index in [1.165, 1.54) is 16.7 Å². The van der Waals surface area contributed by atoms with E-state index in [1.807, 2.05) is 18.2 Å². The van der Waals surface area contributed by atoms with Crippen LogP contribution in [0.1, 0.15) is 41.1 Å². The maximum atomic E-state index is 11.5. The first-order chi connectivity index (χ1) is 12.0. The van der Waals surface area contributed by atoms with Crippen LogP contribution < -0.4 is 0 Å². The minimum atomic E-state index is -0.699. The Bertz CT molecular complexity index is 774. The van der Waals surface area contributed by atoms with Gasteiger partial charge in [-0.25, -0.2) is 0 Å². The standard InChI is InChI=1S/C21H24ClNO2/c1-14-8-9-19(15(2)11-14)20(16-5-3-7-18(22)12-16)23-10-4-6-17(13-23)21(24)25/h3,5,7-9,11-12,17,20H,4,6,10,13H2,1-2H3,(H,24,25). The summed E-state index contributed by atoms with van der Waals surface area (Å²) in [4.78, 5) is 13.8. The number of carboxylic acids is 1. The van der Waals surface area contributed by atoms with Crippen LogP contribution in [0.15, 0.2) is 42.5 Å². The summed E-state index contributed by atoms with van der Waals surface area (Å²) in [5.41, 5.74) is 4.79. The summed E-state index contributed by atoms with van der Waals surface area (Å²) in [6.07, 6.45) is 1.65. The van der Waals surface area contributed by atoms with Gasteiger partial charge < -0.3 is 5.11 Å². The molecule has 2 atom stereocenters. The molecule has 1 saturated heterocycles. The molecule has 3 rings (SSSR count). The Morgan fingerprint density at radius 1 is 1.24 bits per heavy atom. The van der Waals surface area contributed by atoms with Crippen LogP contribution in [0.25, 0.3) is 0 Å². The Hall–Kier alpha value is -1.84. The topological polar surface area (TPSA) is 40.5 Å². The van der Waals surface area contributed by atoms with E-state index in [0.717, 1.165) is 24.9 Å². The van der Waals surface area contributed by atoms with E-state index in [4.69, 9.17) is 11.6 Å². The SMILES string of the molecule is Cc1ccc(C(c2cccc(Cl)c2)N2CCCC(C(=O)O)C2)c(C)c1. The number of aryl methyl sites for hydroxylation is 2. The van der Waals surface area contributed by atoms with Crippen LogP contribution in [0.3, 0.4) is 0 Å². The average Bonchev–Trinajstić information content (AvgIpc) is 2.57. The molecular weight excluding hydrogens is 334 g/mol. The second-order valence-electron chi connectivity index (χ2n) is 6.99. The first-order valence-electron chi connectivity index (χ1n) is 8.75. The van der Waals surface area contributed by atoms with E-state index in [2.05, 4.69) is 43.0 Å². The van der Waals surface area contributed by atoms with E-state index in [9.17, 15) is 9.90 Å². The molecule has 0 amide bonds. The molecule has 1 N–H and O–H groups in total. The minimum absolute atomic E-state index is 0.0291. The molecule has 3 nitrogen and oxygen atoms in total. The number of rotatable bonds is 4. The fourth-order valence-corrected chi connectivity index (χ4v) is 4.04. The van der Waals surface area contributed by atoms with Crippen LogP contribution in [0.4, 0.5) is 0 Å². The maximum absolute atomic E-state index is 11.5. The molecule has 25 heavy (non-hydrogen) atoms. The van der Waals surface area contributed by atoms with Gasteiger partial charge >= 0.3 is 5.97 Å². The first-order valence-corrected chi connectivity index (χ1v) is 9.13. The number of likely N-dealkylation sites (tertiary alicyclic amines) is 1. The lowest BCUT2D eigenvalue weighted by atomic mass is 9.89. The van der Waals surface area contributed by atoms with Gasteiger partial charge in [0.05, 0.1) is 12.0 Å². The normalized spacial score (nSPS) is 19.6. The zero-order valence-corrected chi connectivity index (χ0v) is 15.5. The van der Waals surface area contributed by atoms with E-state index < -0.39 is 5.97 Å². The molecule has 2 aromatic carbocycles. The van der Waals surface area contributed by atoms with Crippen LogP contribution in [0.5, 0.6) is 0 Å². The number of benzene rings is 2. The Kier molecular flexibility index (Phi) is 5.45. The molecule has 0 aromatic heterocycles. The van der Waals surface area contributed by atoms with Crippen LogP contribution in [-0.4, -0.2) is 29.1 Å². The smallest absolute Gasteiger partial charge is 0.307 e. The van der Waals surface area contributed by atoms with Gasteiger partial charge in [-0.1, -0.05) is 47.5 Å². The fraction of sp³-hybridized carbons (Fsp3) is 0.381. The van der Waals surface area contributed by atoms with Crippen molar-refractivity contribution in [3.63, 3.8) is 0 Å². The average molecular weight is 358 g/mol. The van der Waals surface area contributed by atoms with Crippen molar-refractivity contribution in [3.8, 4) is 0 Å². The summed E-state index contributed by atoms with van der Waals surface area (Å²) >= 11 is 6.25. The van der Waals surface area contributed by atoms with E-state index >= 15 is 0 Å². The van der Waals surface area contributed by atoms with Crippen LogP contribution in [0.2, 0.25) is 5.02 Å². The number of hydrogen-bond donors (Lipinski definition) is 1. The van der Waals surface area contributed by atoms with Crippen molar-refractivity contribution >= 4 is 17.6 Å². The lowest BCUT2D eigenvalue weighted by molar-refractivity contribution is -0.143. The molecule has 0 spiro atoms. The van der Waals surface area contributed by atoms with Crippen molar-refractivity contribution in [1.82, 2.24) is 4.90 Å². The lowest BCUT2D eigenvalue weighted by Crippen LogP contribution is -2.41. The Morgan fingerprint density at radius 2 is 2.04 bits per heavy atom. The van der Waals surface area contributed by atoms with Crippen molar-refractivity contribution in [3.05, 3.63) is 69.7 Å². The summed E-state index contributed by atoms with van der Waals surface area (Å²) in [5.74, 6) is -1.00. The van der Waals surface area contributed by atoms with Gasteiger partial charge in [0.2, 0.25) is 0 Å². The number of nitrogens with zero attached hydrogens (tertiary/aromatic N) is 1. The molecule has 1 fully saturated rings. The number of halogens is 1. The van der Waals surface area contributed by atoms with Gasteiger partial charge in [0.15, 0.2) is 0 Å². The largest absolute Gasteiger partial charge is 0.481 e.